The summed E-state index contributed by atoms with van der Waals surface area (Å²) >= 11 is 0. The Kier molecular flexibility index (Phi) is 1.68. The first-order valence-corrected chi connectivity index (χ1v) is 4.38. The maximum atomic E-state index is 5.86. The minimum atomic E-state index is 0.903. The normalized spacial score (nSPS) is 15.9. The second kappa shape index (κ2) is 2.70. The monoisotopic (exact) mass is 162 g/mol. The van der Waals surface area contributed by atoms with Gasteiger partial charge in [0.15, 0.2) is 0 Å². The Morgan fingerprint density at radius 2 is 2.08 bits per heavy atom. The summed E-state index contributed by atoms with van der Waals surface area (Å²) in [6, 6.07) is 6.20. The van der Waals surface area contributed by atoms with E-state index in [1.807, 2.05) is 6.07 Å². The lowest BCUT2D eigenvalue weighted by atomic mass is 10.1. The molecule has 2 N–H and O–H groups in total. The Hall–Kier alpha value is -1.18. The zero-order valence-corrected chi connectivity index (χ0v) is 7.38. The minimum Gasteiger partial charge on any atom is -0.397 e. The number of hydrogen-bond donors (Lipinski definition) is 1. The van der Waals surface area contributed by atoms with E-state index in [1.54, 1.807) is 0 Å². The van der Waals surface area contributed by atoms with Crippen molar-refractivity contribution in [1.29, 1.82) is 0 Å². The smallest absolute Gasteiger partial charge is 0.0602 e. The van der Waals surface area contributed by atoms with Crippen molar-refractivity contribution in [3.63, 3.8) is 0 Å². The van der Waals surface area contributed by atoms with Crippen molar-refractivity contribution in [3.05, 3.63) is 23.8 Å². The molecule has 1 aliphatic heterocycles. The van der Waals surface area contributed by atoms with Crippen LogP contribution in [0.4, 0.5) is 11.4 Å². The van der Waals surface area contributed by atoms with Crippen molar-refractivity contribution >= 4 is 11.4 Å². The fraction of sp³-hybridized carbons (Fsp3) is 0.400. The first-order valence-electron chi connectivity index (χ1n) is 4.38. The number of nitrogens with two attached hydrogens (primary N) is 1. The molecule has 1 aliphatic rings. The van der Waals surface area contributed by atoms with Crippen LogP contribution in [0.25, 0.3) is 0 Å². The Balaban J connectivity index is 2.34. The Morgan fingerprint density at radius 3 is 2.67 bits per heavy atom. The highest BCUT2D eigenvalue weighted by Gasteiger charge is 2.16. The van der Waals surface area contributed by atoms with Gasteiger partial charge in [-0.25, -0.2) is 0 Å². The molecule has 0 amide bonds. The molecule has 0 aromatic heterocycles. The highest BCUT2D eigenvalue weighted by atomic mass is 15.2. The minimum absolute atomic E-state index is 0.903. The van der Waals surface area contributed by atoms with E-state index in [4.69, 9.17) is 5.73 Å². The number of hydrogen-bond acceptors (Lipinski definition) is 2. The first-order chi connectivity index (χ1) is 5.77. The summed E-state index contributed by atoms with van der Waals surface area (Å²) in [5.41, 5.74) is 9.25. The van der Waals surface area contributed by atoms with Gasteiger partial charge < -0.3 is 10.6 Å². The summed E-state index contributed by atoms with van der Waals surface area (Å²) in [5, 5.41) is 0. The van der Waals surface area contributed by atoms with Crippen LogP contribution >= 0.6 is 0 Å². The van der Waals surface area contributed by atoms with Gasteiger partial charge in [-0.1, -0.05) is 6.07 Å². The van der Waals surface area contributed by atoms with Crippen LogP contribution in [0.15, 0.2) is 18.2 Å². The van der Waals surface area contributed by atoms with Crippen molar-refractivity contribution in [2.45, 2.75) is 13.3 Å². The second-order valence-corrected chi connectivity index (χ2v) is 3.40. The van der Waals surface area contributed by atoms with E-state index in [1.165, 1.54) is 17.7 Å². The van der Waals surface area contributed by atoms with E-state index in [0.717, 1.165) is 18.8 Å². The van der Waals surface area contributed by atoms with Crippen molar-refractivity contribution in [2.24, 2.45) is 0 Å². The van der Waals surface area contributed by atoms with Crippen LogP contribution < -0.4 is 10.6 Å². The van der Waals surface area contributed by atoms with Gasteiger partial charge in [-0.3, -0.25) is 0 Å². The van der Waals surface area contributed by atoms with Gasteiger partial charge in [-0.15, -0.1) is 0 Å². The van der Waals surface area contributed by atoms with Crippen molar-refractivity contribution in [2.75, 3.05) is 23.7 Å². The van der Waals surface area contributed by atoms with Gasteiger partial charge in [0.05, 0.1) is 11.4 Å². The number of nitrogen functional groups attached to an aromatic ring is 1. The molecule has 0 bridgehead atoms. The molecule has 2 nitrogen and oxygen atoms in total. The Morgan fingerprint density at radius 1 is 1.33 bits per heavy atom. The van der Waals surface area contributed by atoms with Crippen LogP contribution in [-0.4, -0.2) is 13.1 Å². The van der Waals surface area contributed by atoms with Gasteiger partial charge in [0.2, 0.25) is 0 Å². The second-order valence-electron chi connectivity index (χ2n) is 3.40. The molecule has 1 aromatic carbocycles. The van der Waals surface area contributed by atoms with Crippen LogP contribution in [0.1, 0.15) is 12.0 Å². The molecule has 0 unspecified atom stereocenters. The maximum Gasteiger partial charge on any atom is 0.0602 e. The van der Waals surface area contributed by atoms with Gasteiger partial charge in [0.1, 0.15) is 0 Å². The van der Waals surface area contributed by atoms with Crippen molar-refractivity contribution in [3.8, 4) is 0 Å². The summed E-state index contributed by atoms with van der Waals surface area (Å²) in [7, 11) is 0. The molecule has 12 heavy (non-hydrogen) atoms. The van der Waals surface area contributed by atoms with Gasteiger partial charge in [-0.05, 0) is 31.0 Å². The molecule has 0 saturated carbocycles. The average molecular weight is 162 g/mol. The molecule has 2 heteroatoms. The average Bonchev–Trinajstić information content (AvgIpc) is 1.93. The van der Waals surface area contributed by atoms with Crippen LogP contribution in [0.2, 0.25) is 0 Å². The van der Waals surface area contributed by atoms with E-state index in [-0.39, 0.29) is 0 Å². The van der Waals surface area contributed by atoms with Crippen molar-refractivity contribution < 1.29 is 0 Å². The fourth-order valence-electron chi connectivity index (χ4n) is 1.48. The Labute approximate surface area is 73.0 Å². The van der Waals surface area contributed by atoms with Gasteiger partial charge in [-0.2, -0.15) is 0 Å². The van der Waals surface area contributed by atoms with Crippen molar-refractivity contribution in [1.82, 2.24) is 0 Å². The number of anilines is 2. The molecule has 0 atom stereocenters. The van der Waals surface area contributed by atoms with E-state index < -0.39 is 0 Å². The lowest BCUT2D eigenvalue weighted by Crippen LogP contribution is -2.37. The van der Waals surface area contributed by atoms with Crippen LogP contribution in [0.5, 0.6) is 0 Å². The summed E-state index contributed by atoms with van der Waals surface area (Å²) in [6.45, 7) is 4.42. The molecule has 1 fully saturated rings. The predicted octanol–water partition coefficient (Wildman–Crippen LogP) is 1.79. The molecule has 1 saturated heterocycles. The highest BCUT2D eigenvalue weighted by molar-refractivity contribution is 5.69. The predicted molar refractivity (Wildman–Crippen MR) is 52.4 cm³/mol. The molecule has 0 spiro atoms. The summed E-state index contributed by atoms with van der Waals surface area (Å²) in [4.78, 5) is 2.32. The fourth-order valence-corrected chi connectivity index (χ4v) is 1.48. The molecule has 0 radical (unpaired) electrons. The van der Waals surface area contributed by atoms with Gasteiger partial charge >= 0.3 is 0 Å². The lowest BCUT2D eigenvalue weighted by molar-refractivity contribution is 0.618. The molecular weight excluding hydrogens is 148 g/mol. The van der Waals surface area contributed by atoms with Gasteiger partial charge in [0, 0.05) is 13.1 Å². The molecule has 0 aliphatic carbocycles. The third-order valence-corrected chi connectivity index (χ3v) is 2.38. The highest BCUT2D eigenvalue weighted by Crippen LogP contribution is 2.27. The van der Waals surface area contributed by atoms with E-state index in [9.17, 15) is 0 Å². The largest absolute Gasteiger partial charge is 0.397 e. The van der Waals surface area contributed by atoms with Crippen LogP contribution in [-0.2, 0) is 0 Å². The molecule has 1 heterocycles. The van der Waals surface area contributed by atoms with E-state index >= 15 is 0 Å². The number of nitrogens with zero attached hydrogens (tertiary/aromatic N) is 1. The summed E-state index contributed by atoms with van der Waals surface area (Å²) in [6.07, 6.45) is 1.30. The molecule has 2 rings (SSSR count). The Bertz CT molecular complexity index is 290. The molecule has 64 valence electrons. The molecular formula is C10H14N2. The topological polar surface area (TPSA) is 29.3 Å². The number of rotatable bonds is 1. The lowest BCUT2D eigenvalue weighted by Gasteiger charge is -2.34. The van der Waals surface area contributed by atoms with Gasteiger partial charge in [0.25, 0.3) is 0 Å². The SMILES string of the molecule is Cc1ccc(N)c(N2CCC2)c1. The van der Waals surface area contributed by atoms with Crippen LogP contribution in [0, 0.1) is 6.92 Å². The summed E-state index contributed by atoms with van der Waals surface area (Å²) < 4.78 is 0. The quantitative estimate of drug-likeness (QED) is 0.638. The first kappa shape index (κ1) is 7.47. The molecule has 1 aromatic rings. The maximum absolute atomic E-state index is 5.86. The number of benzene rings is 1. The van der Waals surface area contributed by atoms with Crippen LogP contribution in [0.3, 0.4) is 0 Å². The number of aryl methyl sites for hydroxylation is 1. The standard InChI is InChI=1S/C10H14N2/c1-8-3-4-9(11)10(7-8)12-5-2-6-12/h3-4,7H,2,5-6,11H2,1H3. The van der Waals surface area contributed by atoms with E-state index in [0.29, 0.717) is 0 Å². The third kappa shape index (κ3) is 1.13. The summed E-state index contributed by atoms with van der Waals surface area (Å²) in [5.74, 6) is 0. The third-order valence-electron chi connectivity index (χ3n) is 2.38. The zero-order valence-electron chi connectivity index (χ0n) is 7.38. The van der Waals surface area contributed by atoms with E-state index in [2.05, 4.69) is 24.0 Å². The zero-order chi connectivity index (χ0) is 8.55.